The molecule has 16 heteroatoms. The number of hydrazine groups is 2. The summed E-state index contributed by atoms with van der Waals surface area (Å²) in [5.74, 6) is -1.83. The van der Waals surface area contributed by atoms with E-state index in [4.69, 9.17) is 14.3 Å². The first kappa shape index (κ1) is 30.2. The van der Waals surface area contributed by atoms with Crippen molar-refractivity contribution in [2.24, 2.45) is 5.10 Å². The van der Waals surface area contributed by atoms with Crippen LogP contribution in [-0.4, -0.2) is 55.1 Å². The third kappa shape index (κ3) is 6.78. The molecule has 1 amide bonds. The van der Waals surface area contributed by atoms with Crippen LogP contribution in [0.15, 0.2) is 71.8 Å². The topological polar surface area (TPSA) is 177 Å². The van der Waals surface area contributed by atoms with Crippen molar-refractivity contribution in [2.75, 3.05) is 29.6 Å². The standard InChI is InChI=1S/C25H22N6O7S2.Na/c1-38-20-14-17(24(33)34)10-11-19(20)30-28-22(29-31(30)25-27-18-4-2-3-5-21(18)39-25)15-6-8-16(9-7-15)23(32)26-12-13-40(35,36)37;/h2-11,14H,12-13H2,1H3,(H,26,32)(H,28,29)(H,33,34)(H,35,36,37);/q;+1/p-1. The summed E-state index contributed by atoms with van der Waals surface area (Å²) >= 11 is 1.41. The second kappa shape index (κ2) is 12.4. The molecule has 3 aromatic carbocycles. The number of fused-ring (bicyclic) bond motifs is 1. The summed E-state index contributed by atoms with van der Waals surface area (Å²) in [5.41, 5.74) is 5.22. The first-order chi connectivity index (χ1) is 19.1. The van der Waals surface area contributed by atoms with Crippen LogP contribution in [-0.2, 0) is 10.1 Å². The van der Waals surface area contributed by atoms with Crippen LogP contribution in [0.3, 0.4) is 0 Å². The molecule has 1 aliphatic heterocycles. The molecule has 0 aliphatic carbocycles. The van der Waals surface area contributed by atoms with Crippen LogP contribution in [0, 0.1) is 0 Å². The Morgan fingerprint density at radius 3 is 2.46 bits per heavy atom. The average Bonchev–Trinajstić information content (AvgIpc) is 3.56. The summed E-state index contributed by atoms with van der Waals surface area (Å²) in [5, 5.41) is 22.1. The maximum absolute atomic E-state index is 12.4. The number of amides is 1. The van der Waals surface area contributed by atoms with E-state index in [0.29, 0.717) is 22.2 Å². The molecule has 0 saturated heterocycles. The predicted molar refractivity (Wildman–Crippen MR) is 147 cm³/mol. The SMILES string of the molecule is COc1cc(C(=O)[O-])ccc1N1N=C(c2ccc(C(=O)NCCS(=O)(=O)O)cc2)NN1c1nc2ccccc2s1.[Na+]. The molecule has 206 valence electrons. The van der Waals surface area contributed by atoms with Gasteiger partial charge >= 0.3 is 29.6 Å². The fourth-order valence-corrected chi connectivity index (χ4v) is 5.09. The minimum absolute atomic E-state index is 0. The van der Waals surface area contributed by atoms with Crippen molar-refractivity contribution in [3.8, 4) is 5.75 Å². The smallest absolute Gasteiger partial charge is 0.545 e. The number of benzene rings is 3. The van der Waals surface area contributed by atoms with E-state index in [1.165, 1.54) is 35.7 Å². The van der Waals surface area contributed by atoms with Gasteiger partial charge < -0.3 is 20.0 Å². The molecule has 0 radical (unpaired) electrons. The van der Waals surface area contributed by atoms with Crippen molar-refractivity contribution in [3.05, 3.63) is 83.4 Å². The zero-order chi connectivity index (χ0) is 28.4. The van der Waals surface area contributed by atoms with E-state index < -0.39 is 27.7 Å². The van der Waals surface area contributed by atoms with Crippen molar-refractivity contribution < 1.29 is 62.0 Å². The number of carboxylic acids is 1. The number of hydrogen-bond acceptors (Lipinski definition) is 12. The van der Waals surface area contributed by atoms with Gasteiger partial charge in [-0.2, -0.15) is 8.42 Å². The second-order valence-electron chi connectivity index (χ2n) is 8.42. The van der Waals surface area contributed by atoms with Crippen LogP contribution >= 0.6 is 11.3 Å². The summed E-state index contributed by atoms with van der Waals surface area (Å²) < 4.78 is 37.0. The third-order valence-electron chi connectivity index (χ3n) is 5.76. The maximum atomic E-state index is 12.4. The number of ether oxygens (including phenoxy) is 1. The predicted octanol–water partition coefficient (Wildman–Crippen LogP) is -1.60. The number of hydrazone groups is 1. The summed E-state index contributed by atoms with van der Waals surface area (Å²) in [4.78, 5) is 28.4. The summed E-state index contributed by atoms with van der Waals surface area (Å²) in [6.07, 6.45) is 0. The number of nitrogens with zero attached hydrogens (tertiary/aromatic N) is 4. The molecular formula is C25H21N6NaO7S2. The fraction of sp³-hybridized carbons (Fsp3) is 0.120. The molecule has 3 N–H and O–H groups in total. The molecule has 0 spiro atoms. The Bertz CT molecular complexity index is 1710. The first-order valence-electron chi connectivity index (χ1n) is 11.7. The van der Waals surface area contributed by atoms with E-state index in [1.807, 2.05) is 24.3 Å². The van der Waals surface area contributed by atoms with E-state index in [-0.39, 0.29) is 53.0 Å². The summed E-state index contributed by atoms with van der Waals surface area (Å²) in [7, 11) is -2.78. The van der Waals surface area contributed by atoms with Gasteiger partial charge in [0, 0.05) is 23.2 Å². The molecule has 0 bridgehead atoms. The molecule has 13 nitrogen and oxygen atoms in total. The largest absolute Gasteiger partial charge is 1.00 e. The molecular weight excluding hydrogens is 583 g/mol. The number of aromatic nitrogens is 1. The Hall–Kier alpha value is -3.73. The summed E-state index contributed by atoms with van der Waals surface area (Å²) in [6.45, 7) is -0.238. The van der Waals surface area contributed by atoms with Gasteiger partial charge in [-0.25, -0.2) is 4.98 Å². The third-order valence-corrected chi connectivity index (χ3v) is 7.49. The average molecular weight is 605 g/mol. The zero-order valence-electron chi connectivity index (χ0n) is 21.8. The molecule has 4 aromatic rings. The molecule has 2 heterocycles. The van der Waals surface area contributed by atoms with E-state index in [9.17, 15) is 23.1 Å². The molecule has 0 saturated carbocycles. The quantitative estimate of drug-likeness (QED) is 0.148. The van der Waals surface area contributed by atoms with Crippen molar-refractivity contribution in [3.63, 3.8) is 0 Å². The molecule has 1 aromatic heterocycles. The minimum atomic E-state index is -4.19. The molecule has 0 fully saturated rings. The number of aromatic carboxylic acids is 1. The number of rotatable bonds is 9. The molecule has 5 rings (SSSR count). The van der Waals surface area contributed by atoms with Gasteiger partial charge in [0.05, 0.1) is 29.0 Å². The Kier molecular flexibility index (Phi) is 9.16. The number of amidine groups is 1. The monoisotopic (exact) mass is 604 g/mol. The number of carbonyl (C=O) groups is 2. The van der Waals surface area contributed by atoms with Gasteiger partial charge in [0.2, 0.25) is 5.13 Å². The van der Waals surface area contributed by atoms with Gasteiger partial charge in [-0.3, -0.25) is 14.8 Å². The molecule has 1 aliphatic rings. The number of thiazole rings is 1. The molecule has 0 atom stereocenters. The van der Waals surface area contributed by atoms with Gasteiger partial charge in [-0.1, -0.05) is 41.7 Å². The number of nitrogens with one attached hydrogen (secondary N) is 2. The normalized spacial score (nSPS) is 12.9. The number of para-hydroxylation sites is 1. The van der Waals surface area contributed by atoms with Crippen LogP contribution in [0.1, 0.15) is 26.3 Å². The van der Waals surface area contributed by atoms with Crippen LogP contribution in [0.2, 0.25) is 0 Å². The van der Waals surface area contributed by atoms with E-state index in [2.05, 4.69) is 15.8 Å². The zero-order valence-corrected chi connectivity index (χ0v) is 25.4. The Morgan fingerprint density at radius 2 is 1.80 bits per heavy atom. The van der Waals surface area contributed by atoms with Crippen LogP contribution in [0.25, 0.3) is 10.2 Å². The number of methoxy groups -OCH3 is 1. The van der Waals surface area contributed by atoms with E-state index >= 15 is 0 Å². The van der Waals surface area contributed by atoms with Gasteiger partial charge in [0.15, 0.2) is 5.84 Å². The van der Waals surface area contributed by atoms with Crippen LogP contribution in [0.4, 0.5) is 10.8 Å². The van der Waals surface area contributed by atoms with E-state index in [1.54, 1.807) is 35.4 Å². The number of hydrogen-bond donors (Lipinski definition) is 3. The van der Waals surface area contributed by atoms with Crippen molar-refractivity contribution in [1.29, 1.82) is 0 Å². The second-order valence-corrected chi connectivity index (χ2v) is 11.0. The van der Waals surface area contributed by atoms with Crippen molar-refractivity contribution >= 4 is 60.2 Å². The fourth-order valence-electron chi connectivity index (χ4n) is 3.82. The number of carbonyl (C=O) groups excluding carboxylic acids is 2. The van der Waals surface area contributed by atoms with Gasteiger partial charge in [-0.15, -0.1) is 15.3 Å². The maximum Gasteiger partial charge on any atom is 1.00 e. The van der Waals surface area contributed by atoms with E-state index in [0.717, 1.165) is 10.2 Å². The number of carboxylic acid groups (broad SMARTS) is 1. The summed E-state index contributed by atoms with van der Waals surface area (Å²) in [6, 6.07) is 18.3. The first-order valence-corrected chi connectivity index (χ1v) is 14.1. The Labute approximate surface area is 260 Å². The Balaban J connectivity index is 0.00000387. The number of anilines is 2. The van der Waals surface area contributed by atoms with Gasteiger partial charge in [-0.05, 0) is 36.4 Å². The van der Waals surface area contributed by atoms with Crippen molar-refractivity contribution in [1.82, 2.24) is 15.7 Å². The van der Waals surface area contributed by atoms with Gasteiger partial charge in [0.25, 0.3) is 16.0 Å². The van der Waals surface area contributed by atoms with Crippen LogP contribution < -0.4 is 60.4 Å². The van der Waals surface area contributed by atoms with Crippen LogP contribution in [0.5, 0.6) is 5.75 Å². The Morgan fingerprint density at radius 1 is 1.10 bits per heavy atom. The molecule has 41 heavy (non-hydrogen) atoms. The molecule has 0 unspecified atom stereocenters. The van der Waals surface area contributed by atoms with Gasteiger partial charge in [0.1, 0.15) is 11.4 Å². The minimum Gasteiger partial charge on any atom is -0.545 e. The van der Waals surface area contributed by atoms with Crippen molar-refractivity contribution in [2.45, 2.75) is 0 Å².